The van der Waals surface area contributed by atoms with Crippen LogP contribution in [0.3, 0.4) is 0 Å². The van der Waals surface area contributed by atoms with Crippen molar-refractivity contribution in [1.82, 2.24) is 9.78 Å². The summed E-state index contributed by atoms with van der Waals surface area (Å²) >= 11 is 0. The van der Waals surface area contributed by atoms with E-state index in [2.05, 4.69) is 10.4 Å². The van der Waals surface area contributed by atoms with Gasteiger partial charge < -0.3 is 5.32 Å². The number of aryl methyl sites for hydroxylation is 1. The van der Waals surface area contributed by atoms with Crippen LogP contribution in [0.15, 0.2) is 24.4 Å². The van der Waals surface area contributed by atoms with Crippen LogP contribution in [-0.4, -0.2) is 9.78 Å². The Labute approximate surface area is 111 Å². The Kier molecular flexibility index (Phi) is 3.83. The minimum atomic E-state index is -0.830. The van der Waals surface area contributed by atoms with Crippen LogP contribution in [0.2, 0.25) is 0 Å². The average molecular weight is 265 g/mol. The summed E-state index contributed by atoms with van der Waals surface area (Å²) in [5.74, 6) is -0.947. The van der Waals surface area contributed by atoms with Crippen LogP contribution in [-0.2, 0) is 6.54 Å². The first-order valence-corrected chi connectivity index (χ1v) is 6.21. The largest absolute Gasteiger partial charge is 0.364 e. The lowest BCUT2D eigenvalue weighted by Gasteiger charge is -2.07. The van der Waals surface area contributed by atoms with Gasteiger partial charge in [-0.3, -0.25) is 4.68 Å². The molecule has 3 nitrogen and oxygen atoms in total. The quantitative estimate of drug-likeness (QED) is 0.914. The zero-order chi connectivity index (χ0) is 14.0. The van der Waals surface area contributed by atoms with Gasteiger partial charge in [0.15, 0.2) is 17.5 Å². The minimum absolute atomic E-state index is 0.208. The number of nitrogens with one attached hydrogen (secondary N) is 1. The molecule has 2 rings (SSSR count). The number of aromatic nitrogens is 2. The monoisotopic (exact) mass is 265 g/mol. The summed E-state index contributed by atoms with van der Waals surface area (Å²) in [6.45, 7) is 6.20. The molecular weight excluding hydrogens is 248 g/mol. The molecule has 1 heterocycles. The summed E-state index contributed by atoms with van der Waals surface area (Å²) in [5, 5.41) is 7.40. The van der Waals surface area contributed by atoms with Gasteiger partial charge in [-0.25, -0.2) is 8.78 Å². The number of benzene rings is 1. The Hall–Kier alpha value is -1.91. The molecule has 0 unspecified atom stereocenters. The second-order valence-corrected chi connectivity index (χ2v) is 4.80. The number of halogens is 2. The first-order chi connectivity index (χ1) is 8.99. The molecule has 0 aliphatic rings. The molecule has 2 aromatic rings. The lowest BCUT2D eigenvalue weighted by Crippen LogP contribution is -2.06. The maximum absolute atomic E-state index is 13.5. The van der Waals surface area contributed by atoms with Gasteiger partial charge in [0, 0.05) is 29.9 Å². The van der Waals surface area contributed by atoms with Gasteiger partial charge >= 0.3 is 0 Å². The molecule has 0 atom stereocenters. The summed E-state index contributed by atoms with van der Waals surface area (Å²) in [5.41, 5.74) is 1.27. The third kappa shape index (κ3) is 2.92. The molecule has 102 valence electrons. The number of hydrogen-bond donors (Lipinski definition) is 1. The summed E-state index contributed by atoms with van der Waals surface area (Å²) in [4.78, 5) is 0. The molecule has 0 aliphatic carbocycles. The molecule has 0 aliphatic heterocycles. The summed E-state index contributed by atoms with van der Waals surface area (Å²) in [6, 6.07) is 4.42. The van der Waals surface area contributed by atoms with Crippen molar-refractivity contribution in [2.24, 2.45) is 0 Å². The molecule has 5 heteroatoms. The summed E-state index contributed by atoms with van der Waals surface area (Å²) in [6.07, 6.45) is 1.93. The smallest absolute Gasteiger partial charge is 0.163 e. The fraction of sp³-hybridized carbons (Fsp3) is 0.357. The van der Waals surface area contributed by atoms with Crippen molar-refractivity contribution in [3.8, 4) is 0 Å². The molecule has 1 aromatic heterocycles. The van der Waals surface area contributed by atoms with Gasteiger partial charge in [0.05, 0.1) is 0 Å². The van der Waals surface area contributed by atoms with E-state index in [4.69, 9.17) is 0 Å². The van der Waals surface area contributed by atoms with Gasteiger partial charge in [0.1, 0.15) is 0 Å². The highest BCUT2D eigenvalue weighted by Gasteiger charge is 2.10. The molecule has 0 saturated carbocycles. The molecule has 0 fully saturated rings. The molecule has 0 spiro atoms. The van der Waals surface area contributed by atoms with E-state index in [1.807, 2.05) is 31.6 Å². The molecule has 0 radical (unpaired) electrons. The Morgan fingerprint density at radius 3 is 2.68 bits per heavy atom. The minimum Gasteiger partial charge on any atom is -0.364 e. The van der Waals surface area contributed by atoms with Gasteiger partial charge in [0.2, 0.25) is 0 Å². The molecule has 19 heavy (non-hydrogen) atoms. The SMILES string of the molecule is Cc1cn(C(C)C)nc1NCc1cccc(F)c1F. The highest BCUT2D eigenvalue weighted by atomic mass is 19.2. The first-order valence-electron chi connectivity index (χ1n) is 6.21. The predicted octanol–water partition coefficient (Wildman–Crippen LogP) is 3.66. The van der Waals surface area contributed by atoms with E-state index in [1.54, 1.807) is 6.07 Å². The van der Waals surface area contributed by atoms with Gasteiger partial charge in [0.25, 0.3) is 0 Å². The van der Waals surface area contributed by atoms with Crippen LogP contribution >= 0.6 is 0 Å². The second-order valence-electron chi connectivity index (χ2n) is 4.80. The number of anilines is 1. The molecule has 0 bridgehead atoms. The Morgan fingerprint density at radius 1 is 1.32 bits per heavy atom. The lowest BCUT2D eigenvalue weighted by atomic mass is 10.2. The molecule has 0 saturated heterocycles. The van der Waals surface area contributed by atoms with Gasteiger partial charge in [-0.15, -0.1) is 0 Å². The van der Waals surface area contributed by atoms with Gasteiger partial charge in [-0.05, 0) is 26.8 Å². The van der Waals surface area contributed by atoms with E-state index < -0.39 is 11.6 Å². The van der Waals surface area contributed by atoms with E-state index in [-0.39, 0.29) is 12.6 Å². The highest BCUT2D eigenvalue weighted by Crippen LogP contribution is 2.17. The van der Waals surface area contributed by atoms with Crippen LogP contribution in [0, 0.1) is 18.6 Å². The number of hydrogen-bond acceptors (Lipinski definition) is 2. The Balaban J connectivity index is 2.12. The average Bonchev–Trinajstić information content (AvgIpc) is 2.73. The molecular formula is C14H17F2N3. The van der Waals surface area contributed by atoms with E-state index in [1.165, 1.54) is 6.07 Å². The topological polar surface area (TPSA) is 29.9 Å². The fourth-order valence-electron chi connectivity index (χ4n) is 1.79. The van der Waals surface area contributed by atoms with Crippen LogP contribution in [0.5, 0.6) is 0 Å². The van der Waals surface area contributed by atoms with E-state index in [0.29, 0.717) is 11.4 Å². The van der Waals surface area contributed by atoms with Crippen LogP contribution in [0.25, 0.3) is 0 Å². The molecule has 1 aromatic carbocycles. The highest BCUT2D eigenvalue weighted by molar-refractivity contribution is 5.42. The molecule has 1 N–H and O–H groups in total. The van der Waals surface area contributed by atoms with Crippen LogP contribution in [0.1, 0.15) is 31.0 Å². The second kappa shape index (κ2) is 5.38. The van der Waals surface area contributed by atoms with Crippen LogP contribution < -0.4 is 5.32 Å². The van der Waals surface area contributed by atoms with E-state index >= 15 is 0 Å². The zero-order valence-corrected chi connectivity index (χ0v) is 11.2. The van der Waals surface area contributed by atoms with E-state index in [0.717, 1.165) is 11.6 Å². The summed E-state index contributed by atoms with van der Waals surface area (Å²) < 4.78 is 28.4. The predicted molar refractivity (Wildman–Crippen MR) is 71.0 cm³/mol. The van der Waals surface area contributed by atoms with Crippen molar-refractivity contribution in [2.75, 3.05) is 5.32 Å². The maximum atomic E-state index is 13.5. The van der Waals surface area contributed by atoms with Crippen molar-refractivity contribution >= 4 is 5.82 Å². The van der Waals surface area contributed by atoms with E-state index in [9.17, 15) is 8.78 Å². The van der Waals surface area contributed by atoms with Crippen molar-refractivity contribution in [1.29, 1.82) is 0 Å². The van der Waals surface area contributed by atoms with Crippen LogP contribution in [0.4, 0.5) is 14.6 Å². The Morgan fingerprint density at radius 2 is 2.05 bits per heavy atom. The van der Waals surface area contributed by atoms with Gasteiger partial charge in [-0.1, -0.05) is 12.1 Å². The third-order valence-corrected chi connectivity index (χ3v) is 2.92. The molecule has 0 amide bonds. The van der Waals surface area contributed by atoms with Crippen molar-refractivity contribution < 1.29 is 8.78 Å². The standard InChI is InChI=1S/C14H17F2N3/c1-9(2)19-8-10(3)14(18-19)17-7-11-5-4-6-12(15)13(11)16/h4-6,8-9H,7H2,1-3H3,(H,17,18). The van der Waals surface area contributed by atoms with Crippen molar-refractivity contribution in [3.63, 3.8) is 0 Å². The maximum Gasteiger partial charge on any atom is 0.163 e. The van der Waals surface area contributed by atoms with Crippen molar-refractivity contribution in [2.45, 2.75) is 33.4 Å². The number of nitrogens with zero attached hydrogens (tertiary/aromatic N) is 2. The number of rotatable bonds is 4. The van der Waals surface area contributed by atoms with Gasteiger partial charge in [-0.2, -0.15) is 5.10 Å². The zero-order valence-electron chi connectivity index (χ0n) is 11.2. The fourth-order valence-corrected chi connectivity index (χ4v) is 1.79. The summed E-state index contributed by atoms with van der Waals surface area (Å²) in [7, 11) is 0. The van der Waals surface area contributed by atoms with Crippen molar-refractivity contribution in [3.05, 3.63) is 47.2 Å². The first kappa shape index (κ1) is 13.5. The third-order valence-electron chi connectivity index (χ3n) is 2.92. The Bertz CT molecular complexity index is 576. The normalized spacial score (nSPS) is 11.1. The lowest BCUT2D eigenvalue weighted by molar-refractivity contribution is 0.500.